The van der Waals surface area contributed by atoms with Crippen molar-refractivity contribution in [1.29, 1.82) is 0 Å². The van der Waals surface area contributed by atoms with E-state index in [1.807, 2.05) is 42.5 Å². The highest BCUT2D eigenvalue weighted by Crippen LogP contribution is 2.35. The molecular formula is C16H14Cl4. The predicted octanol–water partition coefficient (Wildman–Crippen LogP) is 5.95. The van der Waals surface area contributed by atoms with Gasteiger partial charge in [-0.05, 0) is 23.6 Å². The van der Waals surface area contributed by atoms with Crippen LogP contribution < -0.4 is 0 Å². The molecule has 0 spiro atoms. The van der Waals surface area contributed by atoms with Crippen molar-refractivity contribution in [3.8, 4) is 0 Å². The molecular weight excluding hydrogens is 334 g/mol. The summed E-state index contributed by atoms with van der Waals surface area (Å²) in [6, 6.07) is 15.7. The lowest BCUT2D eigenvalue weighted by molar-refractivity contribution is 0.536. The van der Waals surface area contributed by atoms with Gasteiger partial charge in [0.05, 0.1) is 10.0 Å². The molecule has 0 aliphatic heterocycles. The van der Waals surface area contributed by atoms with Gasteiger partial charge in [-0.15, -0.1) is 23.2 Å². The zero-order valence-electron chi connectivity index (χ0n) is 10.8. The number of hydrogen-bond donors (Lipinski definition) is 0. The summed E-state index contributed by atoms with van der Waals surface area (Å²) in [5, 5.41) is 1.12. The van der Waals surface area contributed by atoms with Crippen LogP contribution in [0.4, 0.5) is 0 Å². The van der Waals surface area contributed by atoms with E-state index in [2.05, 4.69) is 0 Å². The van der Waals surface area contributed by atoms with Gasteiger partial charge in [-0.25, -0.2) is 0 Å². The Morgan fingerprint density at radius 3 is 2.05 bits per heavy atom. The van der Waals surface area contributed by atoms with Gasteiger partial charge in [-0.1, -0.05) is 65.7 Å². The molecule has 0 radical (unpaired) electrons. The van der Waals surface area contributed by atoms with Gasteiger partial charge in [-0.2, -0.15) is 0 Å². The van der Waals surface area contributed by atoms with E-state index in [0.29, 0.717) is 28.2 Å². The fourth-order valence-electron chi connectivity index (χ4n) is 2.23. The molecule has 0 atom stereocenters. The van der Waals surface area contributed by atoms with Crippen LogP contribution >= 0.6 is 46.4 Å². The van der Waals surface area contributed by atoms with Gasteiger partial charge in [0.15, 0.2) is 0 Å². The van der Waals surface area contributed by atoms with Gasteiger partial charge in [0.1, 0.15) is 0 Å². The minimum Gasteiger partial charge on any atom is -0.126 e. The lowest BCUT2D eigenvalue weighted by atomic mass is 9.79. The van der Waals surface area contributed by atoms with Crippen LogP contribution in [0.15, 0.2) is 48.5 Å². The van der Waals surface area contributed by atoms with E-state index in [1.165, 1.54) is 0 Å². The maximum atomic E-state index is 6.28. The molecule has 2 aromatic rings. The molecule has 0 aliphatic rings. The maximum absolute atomic E-state index is 6.28. The first-order valence-electron chi connectivity index (χ1n) is 6.23. The molecule has 0 saturated carbocycles. The molecule has 0 nitrogen and oxygen atoms in total. The van der Waals surface area contributed by atoms with Crippen molar-refractivity contribution >= 4 is 46.4 Å². The second-order valence-electron chi connectivity index (χ2n) is 4.80. The first kappa shape index (κ1) is 16.0. The smallest absolute Gasteiger partial charge is 0.0624 e. The lowest BCUT2D eigenvalue weighted by Gasteiger charge is -2.31. The normalized spacial score (nSPS) is 11.6. The van der Waals surface area contributed by atoms with E-state index in [0.717, 1.165) is 11.1 Å². The number of benzene rings is 2. The molecule has 0 fully saturated rings. The van der Waals surface area contributed by atoms with Crippen molar-refractivity contribution in [2.75, 3.05) is 11.8 Å². The van der Waals surface area contributed by atoms with Gasteiger partial charge in [-0.3, -0.25) is 0 Å². The van der Waals surface area contributed by atoms with E-state index < -0.39 is 0 Å². The van der Waals surface area contributed by atoms with Crippen molar-refractivity contribution in [3.05, 3.63) is 69.7 Å². The van der Waals surface area contributed by atoms with Gasteiger partial charge in [0.2, 0.25) is 0 Å². The van der Waals surface area contributed by atoms with Crippen LogP contribution in [0.1, 0.15) is 11.1 Å². The Morgan fingerprint density at radius 1 is 0.800 bits per heavy atom. The molecule has 0 heterocycles. The average molecular weight is 348 g/mol. The summed E-state index contributed by atoms with van der Waals surface area (Å²) in [6.45, 7) is 0. The van der Waals surface area contributed by atoms with E-state index in [1.54, 1.807) is 6.07 Å². The molecule has 0 bridgehead atoms. The third-order valence-electron chi connectivity index (χ3n) is 3.46. The highest BCUT2D eigenvalue weighted by Gasteiger charge is 2.31. The van der Waals surface area contributed by atoms with Crippen molar-refractivity contribution in [2.45, 2.75) is 11.8 Å². The fourth-order valence-corrected chi connectivity index (χ4v) is 3.40. The molecule has 0 N–H and O–H groups in total. The van der Waals surface area contributed by atoms with Gasteiger partial charge in [0.25, 0.3) is 0 Å². The summed E-state index contributed by atoms with van der Waals surface area (Å²) in [5.41, 5.74) is 1.73. The van der Waals surface area contributed by atoms with E-state index in [9.17, 15) is 0 Å². The Hall–Kier alpha value is -0.400. The van der Waals surface area contributed by atoms with Crippen molar-refractivity contribution in [2.24, 2.45) is 0 Å². The SMILES string of the molecule is ClCC(CCl)(Cc1cccc(Cl)c1Cl)c1ccccc1. The highest BCUT2D eigenvalue weighted by molar-refractivity contribution is 6.42. The fraction of sp³-hybridized carbons (Fsp3) is 0.250. The van der Waals surface area contributed by atoms with Gasteiger partial charge in [0, 0.05) is 17.2 Å². The Balaban J connectivity index is 2.42. The Bertz CT molecular complexity index is 562. The molecule has 4 heteroatoms. The number of hydrogen-bond acceptors (Lipinski definition) is 0. The second kappa shape index (κ2) is 7.04. The number of rotatable bonds is 5. The molecule has 0 aromatic heterocycles. The van der Waals surface area contributed by atoms with Crippen LogP contribution in [0, 0.1) is 0 Å². The molecule has 2 rings (SSSR count). The summed E-state index contributed by atoms with van der Waals surface area (Å²) in [7, 11) is 0. The van der Waals surface area contributed by atoms with Crippen LogP contribution in [0.2, 0.25) is 10.0 Å². The number of alkyl halides is 2. The maximum Gasteiger partial charge on any atom is 0.0624 e. The minimum absolute atomic E-state index is 0.349. The van der Waals surface area contributed by atoms with E-state index in [-0.39, 0.29) is 5.41 Å². The van der Waals surface area contributed by atoms with Crippen molar-refractivity contribution in [3.63, 3.8) is 0 Å². The van der Waals surface area contributed by atoms with Crippen LogP contribution in [-0.2, 0) is 11.8 Å². The summed E-state index contributed by atoms with van der Waals surface area (Å²) in [5.74, 6) is 0.840. The summed E-state index contributed by atoms with van der Waals surface area (Å²) in [4.78, 5) is 0. The topological polar surface area (TPSA) is 0 Å². The predicted molar refractivity (Wildman–Crippen MR) is 89.7 cm³/mol. The Labute approximate surface area is 139 Å². The Kier molecular flexibility index (Phi) is 5.63. The van der Waals surface area contributed by atoms with Crippen molar-refractivity contribution in [1.82, 2.24) is 0 Å². The van der Waals surface area contributed by atoms with Crippen LogP contribution in [-0.4, -0.2) is 11.8 Å². The molecule has 106 valence electrons. The van der Waals surface area contributed by atoms with E-state index in [4.69, 9.17) is 46.4 Å². The number of halogens is 4. The monoisotopic (exact) mass is 346 g/mol. The second-order valence-corrected chi connectivity index (χ2v) is 6.12. The zero-order chi connectivity index (χ0) is 14.6. The summed E-state index contributed by atoms with van der Waals surface area (Å²) >= 11 is 24.8. The van der Waals surface area contributed by atoms with Crippen LogP contribution in [0.3, 0.4) is 0 Å². The van der Waals surface area contributed by atoms with Crippen molar-refractivity contribution < 1.29 is 0 Å². The largest absolute Gasteiger partial charge is 0.126 e. The highest BCUT2D eigenvalue weighted by atomic mass is 35.5. The Morgan fingerprint density at radius 2 is 1.45 bits per heavy atom. The first-order valence-corrected chi connectivity index (χ1v) is 8.06. The first-order chi connectivity index (χ1) is 9.63. The van der Waals surface area contributed by atoms with Gasteiger partial charge >= 0.3 is 0 Å². The quantitative estimate of drug-likeness (QED) is 0.586. The van der Waals surface area contributed by atoms with Crippen LogP contribution in [0.5, 0.6) is 0 Å². The lowest BCUT2D eigenvalue weighted by Crippen LogP contribution is -2.33. The molecule has 0 amide bonds. The third-order valence-corrected chi connectivity index (χ3v) is 5.34. The molecule has 20 heavy (non-hydrogen) atoms. The molecule has 0 aliphatic carbocycles. The average Bonchev–Trinajstić information content (AvgIpc) is 2.50. The standard InChI is InChI=1S/C16H14Cl4/c17-10-16(11-18,13-6-2-1-3-7-13)9-12-5-4-8-14(19)15(12)20/h1-8H,9-11H2. The van der Waals surface area contributed by atoms with Gasteiger partial charge < -0.3 is 0 Å². The van der Waals surface area contributed by atoms with E-state index >= 15 is 0 Å². The molecule has 2 aromatic carbocycles. The minimum atomic E-state index is -0.349. The summed E-state index contributed by atoms with van der Waals surface area (Å²) < 4.78 is 0. The zero-order valence-corrected chi connectivity index (χ0v) is 13.8. The third kappa shape index (κ3) is 3.26. The molecule has 0 unspecified atom stereocenters. The molecule has 0 saturated heterocycles. The van der Waals surface area contributed by atoms with Crippen LogP contribution in [0.25, 0.3) is 0 Å². The summed E-state index contributed by atoms with van der Waals surface area (Å²) in [6.07, 6.45) is 0.656.